The van der Waals surface area contributed by atoms with Crippen molar-refractivity contribution < 1.29 is 4.79 Å². The zero-order valence-electron chi connectivity index (χ0n) is 11.8. The van der Waals surface area contributed by atoms with Gasteiger partial charge in [-0.05, 0) is 33.2 Å². The first-order valence-corrected chi connectivity index (χ1v) is 6.19. The highest BCUT2D eigenvalue weighted by Gasteiger charge is 2.29. The number of likely N-dealkylation sites (N-methyl/N-ethyl adjacent to an activating group) is 1. The van der Waals surface area contributed by atoms with Crippen LogP contribution in [0, 0.1) is 0 Å². The highest BCUT2D eigenvalue weighted by molar-refractivity contribution is 5.85. The number of hydrogen-bond acceptors (Lipinski definition) is 3. The van der Waals surface area contributed by atoms with E-state index in [1.54, 1.807) is 0 Å². The number of nitrogens with zero attached hydrogens (tertiary/aromatic N) is 2. The molecule has 0 aromatic heterocycles. The number of piperidine rings is 1. The van der Waals surface area contributed by atoms with Gasteiger partial charge >= 0.3 is 0 Å². The van der Waals surface area contributed by atoms with E-state index >= 15 is 0 Å². The Kier molecular flexibility index (Phi) is 10.1. The molecule has 0 saturated carbocycles. The van der Waals surface area contributed by atoms with E-state index in [2.05, 4.69) is 18.9 Å². The zero-order chi connectivity index (χ0) is 12.3. The summed E-state index contributed by atoms with van der Waals surface area (Å²) in [7, 11) is 4.03. The van der Waals surface area contributed by atoms with Crippen LogP contribution in [0.5, 0.6) is 0 Å². The molecular formula is C12H27Cl2N3O. The summed E-state index contributed by atoms with van der Waals surface area (Å²) in [5.74, 6) is 0.0873. The first kappa shape index (κ1) is 20.3. The predicted molar refractivity (Wildman–Crippen MR) is 80.6 cm³/mol. The Morgan fingerprint density at radius 3 is 2.50 bits per heavy atom. The lowest BCUT2D eigenvalue weighted by Gasteiger charge is -2.40. The van der Waals surface area contributed by atoms with Crippen LogP contribution in [-0.2, 0) is 4.79 Å². The van der Waals surface area contributed by atoms with Gasteiger partial charge in [0.25, 0.3) is 0 Å². The van der Waals surface area contributed by atoms with E-state index < -0.39 is 0 Å². The number of hydrogen-bond donors (Lipinski definition) is 1. The molecule has 110 valence electrons. The minimum absolute atomic E-state index is 0. The van der Waals surface area contributed by atoms with Gasteiger partial charge in [0.05, 0.1) is 6.04 Å². The monoisotopic (exact) mass is 299 g/mol. The molecule has 1 fully saturated rings. The van der Waals surface area contributed by atoms with Gasteiger partial charge in [-0.1, -0.05) is 6.92 Å². The minimum Gasteiger partial charge on any atom is -0.341 e. The van der Waals surface area contributed by atoms with E-state index in [0.29, 0.717) is 18.5 Å². The van der Waals surface area contributed by atoms with Gasteiger partial charge in [0, 0.05) is 25.7 Å². The second-order valence-corrected chi connectivity index (χ2v) is 4.97. The summed E-state index contributed by atoms with van der Waals surface area (Å²) < 4.78 is 0. The summed E-state index contributed by atoms with van der Waals surface area (Å²) >= 11 is 0. The molecule has 1 heterocycles. The average Bonchev–Trinajstić information content (AvgIpc) is 2.29. The molecule has 1 aliphatic heterocycles. The Hall–Kier alpha value is -0.0300. The van der Waals surface area contributed by atoms with Crippen LogP contribution in [0.2, 0.25) is 0 Å². The van der Waals surface area contributed by atoms with Gasteiger partial charge in [-0.2, -0.15) is 0 Å². The third-order valence-electron chi connectivity index (χ3n) is 3.83. The Labute approximate surface area is 123 Å². The molecule has 2 unspecified atom stereocenters. The van der Waals surface area contributed by atoms with Crippen molar-refractivity contribution in [3.05, 3.63) is 0 Å². The van der Waals surface area contributed by atoms with Crippen LogP contribution in [0.4, 0.5) is 0 Å². The van der Waals surface area contributed by atoms with Crippen molar-refractivity contribution in [1.29, 1.82) is 0 Å². The van der Waals surface area contributed by atoms with Crippen LogP contribution in [-0.4, -0.2) is 54.5 Å². The minimum atomic E-state index is -0.333. The number of carbonyl (C=O) groups excluding carboxylic acids is 1. The lowest BCUT2D eigenvalue weighted by molar-refractivity contribution is -0.134. The summed E-state index contributed by atoms with van der Waals surface area (Å²) in [6, 6.07) is 0.572. The van der Waals surface area contributed by atoms with Crippen molar-refractivity contribution in [1.82, 2.24) is 9.80 Å². The molecule has 0 aliphatic carbocycles. The van der Waals surface area contributed by atoms with Crippen LogP contribution in [0.1, 0.15) is 33.1 Å². The lowest BCUT2D eigenvalue weighted by Crippen LogP contribution is -2.51. The largest absolute Gasteiger partial charge is 0.341 e. The molecule has 0 bridgehead atoms. The number of nitrogens with two attached hydrogens (primary N) is 1. The van der Waals surface area contributed by atoms with Crippen LogP contribution < -0.4 is 5.73 Å². The van der Waals surface area contributed by atoms with Gasteiger partial charge in [-0.25, -0.2) is 0 Å². The summed E-state index contributed by atoms with van der Waals surface area (Å²) in [6.45, 7) is 5.22. The molecule has 3 atom stereocenters. The third kappa shape index (κ3) is 4.92. The first-order chi connectivity index (χ1) is 7.47. The maximum absolute atomic E-state index is 11.9. The second kappa shape index (κ2) is 8.97. The highest BCUT2D eigenvalue weighted by Crippen LogP contribution is 2.20. The number of halogens is 2. The molecule has 0 radical (unpaired) electrons. The molecule has 1 rings (SSSR count). The van der Waals surface area contributed by atoms with Crippen molar-refractivity contribution >= 4 is 30.7 Å². The summed E-state index contributed by atoms with van der Waals surface area (Å²) in [5.41, 5.74) is 5.78. The summed E-state index contributed by atoms with van der Waals surface area (Å²) in [5, 5.41) is 0. The van der Waals surface area contributed by atoms with Crippen LogP contribution in [0.15, 0.2) is 0 Å². The van der Waals surface area contributed by atoms with E-state index in [9.17, 15) is 4.79 Å². The molecule has 18 heavy (non-hydrogen) atoms. The topological polar surface area (TPSA) is 49.6 Å². The van der Waals surface area contributed by atoms with Gasteiger partial charge in [0.15, 0.2) is 0 Å². The fourth-order valence-corrected chi connectivity index (χ4v) is 2.23. The summed E-state index contributed by atoms with van der Waals surface area (Å²) in [6.07, 6.45) is 2.82. The van der Waals surface area contributed by atoms with E-state index in [-0.39, 0.29) is 36.8 Å². The quantitative estimate of drug-likeness (QED) is 0.859. The Morgan fingerprint density at radius 1 is 1.50 bits per heavy atom. The standard InChI is InChI=1S/C12H25N3O.2ClH/c1-5-11(13)12(16)15(4)10-6-7-14(3)9(2)8-10;;/h9-11H,5-8,13H2,1-4H3;2*1H/t9?,10?,11-;;/m0../s1. The predicted octanol–water partition coefficient (Wildman–Crippen LogP) is 1.51. The molecule has 0 spiro atoms. The van der Waals surface area contributed by atoms with Crippen molar-refractivity contribution in [3.63, 3.8) is 0 Å². The number of rotatable bonds is 3. The fourth-order valence-electron chi connectivity index (χ4n) is 2.23. The smallest absolute Gasteiger partial charge is 0.239 e. The van der Waals surface area contributed by atoms with Crippen LogP contribution in [0.3, 0.4) is 0 Å². The van der Waals surface area contributed by atoms with E-state index in [1.807, 2.05) is 18.9 Å². The number of amides is 1. The Balaban J connectivity index is 0. The Morgan fingerprint density at radius 2 is 2.06 bits per heavy atom. The van der Waals surface area contributed by atoms with Gasteiger partial charge in [0.2, 0.25) is 5.91 Å². The normalized spacial score (nSPS) is 25.6. The zero-order valence-corrected chi connectivity index (χ0v) is 13.4. The molecule has 0 aromatic rings. The van der Waals surface area contributed by atoms with E-state index in [1.165, 1.54) is 0 Å². The molecular weight excluding hydrogens is 273 g/mol. The van der Waals surface area contributed by atoms with Crippen molar-refractivity contribution in [2.24, 2.45) is 5.73 Å². The maximum Gasteiger partial charge on any atom is 0.239 e. The molecule has 1 amide bonds. The van der Waals surface area contributed by atoms with Gasteiger partial charge in [0.1, 0.15) is 0 Å². The number of likely N-dealkylation sites (tertiary alicyclic amines) is 1. The second-order valence-electron chi connectivity index (χ2n) is 4.97. The Bertz CT molecular complexity index is 253. The lowest BCUT2D eigenvalue weighted by atomic mass is 9.97. The van der Waals surface area contributed by atoms with Gasteiger partial charge < -0.3 is 15.5 Å². The van der Waals surface area contributed by atoms with Crippen LogP contribution >= 0.6 is 24.8 Å². The van der Waals surface area contributed by atoms with Gasteiger partial charge in [-0.15, -0.1) is 24.8 Å². The van der Waals surface area contributed by atoms with Crippen molar-refractivity contribution in [3.8, 4) is 0 Å². The third-order valence-corrected chi connectivity index (χ3v) is 3.83. The van der Waals surface area contributed by atoms with E-state index in [0.717, 1.165) is 19.4 Å². The van der Waals surface area contributed by atoms with Crippen LogP contribution in [0.25, 0.3) is 0 Å². The molecule has 6 heteroatoms. The summed E-state index contributed by atoms with van der Waals surface area (Å²) in [4.78, 5) is 16.1. The number of carbonyl (C=O) groups is 1. The van der Waals surface area contributed by atoms with Gasteiger partial charge in [-0.3, -0.25) is 4.79 Å². The first-order valence-electron chi connectivity index (χ1n) is 6.19. The SMILES string of the molecule is CC[C@H](N)C(=O)N(C)C1CCN(C)C(C)C1.Cl.Cl. The van der Waals surface area contributed by atoms with E-state index in [4.69, 9.17) is 5.73 Å². The molecule has 1 saturated heterocycles. The average molecular weight is 300 g/mol. The van der Waals surface area contributed by atoms with Crippen molar-refractivity contribution in [2.75, 3.05) is 20.6 Å². The molecule has 0 aromatic carbocycles. The maximum atomic E-state index is 11.9. The molecule has 1 aliphatic rings. The fraction of sp³-hybridized carbons (Fsp3) is 0.917. The molecule has 2 N–H and O–H groups in total. The highest BCUT2D eigenvalue weighted by atomic mass is 35.5. The van der Waals surface area contributed by atoms with Crippen molar-refractivity contribution in [2.45, 2.75) is 51.2 Å². The molecule has 4 nitrogen and oxygen atoms in total.